The monoisotopic (exact) mass is 718 g/mol. The molecular weight excluding hydrogens is 689 g/mol. The summed E-state index contributed by atoms with van der Waals surface area (Å²) in [6.45, 7) is 0. The highest BCUT2D eigenvalue weighted by Crippen LogP contribution is 2.43. The molecule has 0 spiro atoms. The molecule has 11 aromatic rings. The topological polar surface area (TPSA) is 77.8 Å². The molecule has 11 rings (SSSR count). The van der Waals surface area contributed by atoms with Crippen molar-refractivity contribution in [2.24, 2.45) is 0 Å². The van der Waals surface area contributed by atoms with Gasteiger partial charge in [-0.25, -0.2) is 15.0 Å². The van der Waals surface area contributed by atoms with Gasteiger partial charge in [-0.15, -0.1) is 0 Å². The molecule has 0 aliphatic rings. The maximum Gasteiger partial charge on any atom is 0.164 e. The molecule has 0 fully saturated rings. The Kier molecular flexibility index (Phi) is 7.38. The Balaban J connectivity index is 1.02. The van der Waals surface area contributed by atoms with Gasteiger partial charge in [0.2, 0.25) is 0 Å². The molecule has 0 unspecified atom stereocenters. The van der Waals surface area contributed by atoms with Crippen molar-refractivity contribution >= 4 is 43.9 Å². The Bertz CT molecular complexity index is 3240. The summed E-state index contributed by atoms with van der Waals surface area (Å²) in [5, 5.41) is 4.34. The van der Waals surface area contributed by atoms with Crippen molar-refractivity contribution in [3.05, 3.63) is 182 Å². The lowest BCUT2D eigenvalue weighted by molar-refractivity contribution is 0.668. The average Bonchev–Trinajstić information content (AvgIpc) is 3.85. The molecular formula is C50H30N4O2. The first-order chi connectivity index (χ1) is 27.7. The molecule has 4 heterocycles. The van der Waals surface area contributed by atoms with E-state index in [1.54, 1.807) is 6.20 Å². The van der Waals surface area contributed by atoms with E-state index in [9.17, 15) is 0 Å². The van der Waals surface area contributed by atoms with E-state index in [1.807, 2.05) is 85.1 Å². The minimum atomic E-state index is 0.599. The fourth-order valence-electron chi connectivity index (χ4n) is 7.71. The molecule has 56 heavy (non-hydrogen) atoms. The summed E-state index contributed by atoms with van der Waals surface area (Å²) in [4.78, 5) is 19.3. The summed E-state index contributed by atoms with van der Waals surface area (Å²) < 4.78 is 12.9. The van der Waals surface area contributed by atoms with Crippen LogP contribution in [0.25, 0.3) is 111 Å². The number of fused-ring (bicyclic) bond motifs is 6. The van der Waals surface area contributed by atoms with Crippen molar-refractivity contribution in [3.8, 4) is 67.5 Å². The van der Waals surface area contributed by atoms with E-state index in [-0.39, 0.29) is 0 Å². The van der Waals surface area contributed by atoms with Crippen LogP contribution >= 0.6 is 0 Å². The van der Waals surface area contributed by atoms with Gasteiger partial charge in [-0.1, -0.05) is 127 Å². The Morgan fingerprint density at radius 3 is 1.71 bits per heavy atom. The van der Waals surface area contributed by atoms with Crippen molar-refractivity contribution in [3.63, 3.8) is 0 Å². The largest absolute Gasteiger partial charge is 0.456 e. The first-order valence-electron chi connectivity index (χ1n) is 18.5. The Morgan fingerprint density at radius 2 is 0.929 bits per heavy atom. The zero-order valence-electron chi connectivity index (χ0n) is 29.9. The molecule has 6 nitrogen and oxygen atoms in total. The Morgan fingerprint density at radius 1 is 0.339 bits per heavy atom. The maximum atomic E-state index is 6.65. The van der Waals surface area contributed by atoms with Crippen LogP contribution in [0, 0.1) is 0 Å². The minimum absolute atomic E-state index is 0.599. The lowest BCUT2D eigenvalue weighted by atomic mass is 9.94. The molecule has 4 aromatic heterocycles. The van der Waals surface area contributed by atoms with Crippen LogP contribution in [0.15, 0.2) is 191 Å². The number of benzene rings is 7. The zero-order valence-corrected chi connectivity index (χ0v) is 29.9. The van der Waals surface area contributed by atoms with Gasteiger partial charge in [0.1, 0.15) is 22.3 Å². The molecule has 7 aromatic carbocycles. The standard InChI is InChI=1S/C50H30N4O2/c1-2-10-32(11-3-1)48-52-49(54-50(53-48)36-13-8-12-34(28-36)37-14-9-27-51-30-37)33-21-19-31(20-22-33)38-25-26-39(47-46(38)42-16-5-7-18-44(42)56-47)35-23-24-41-40-15-4-6-17-43(40)55-45(41)29-35/h1-30H. The van der Waals surface area contributed by atoms with Crippen molar-refractivity contribution in [2.75, 3.05) is 0 Å². The second-order valence-electron chi connectivity index (χ2n) is 13.8. The van der Waals surface area contributed by atoms with Crippen LogP contribution in [0.1, 0.15) is 0 Å². The summed E-state index contributed by atoms with van der Waals surface area (Å²) in [5.74, 6) is 1.82. The number of rotatable bonds is 6. The highest BCUT2D eigenvalue weighted by molar-refractivity contribution is 6.17. The average molecular weight is 719 g/mol. The summed E-state index contributed by atoms with van der Waals surface area (Å²) in [6.07, 6.45) is 3.64. The minimum Gasteiger partial charge on any atom is -0.456 e. The number of pyridine rings is 1. The molecule has 0 bridgehead atoms. The molecule has 0 N–H and O–H groups in total. The maximum absolute atomic E-state index is 6.65. The van der Waals surface area contributed by atoms with Crippen LogP contribution in [0.4, 0.5) is 0 Å². The Hall–Kier alpha value is -7.70. The number of furan rings is 2. The molecule has 0 aliphatic heterocycles. The first-order valence-corrected chi connectivity index (χ1v) is 18.5. The lowest BCUT2D eigenvalue weighted by Gasteiger charge is -2.11. The van der Waals surface area contributed by atoms with E-state index in [1.165, 1.54) is 0 Å². The second kappa shape index (κ2) is 13.0. The molecule has 262 valence electrons. The third-order valence-corrected chi connectivity index (χ3v) is 10.5. The van der Waals surface area contributed by atoms with Gasteiger partial charge >= 0.3 is 0 Å². The summed E-state index contributed by atoms with van der Waals surface area (Å²) in [7, 11) is 0. The molecule has 0 aliphatic carbocycles. The fourth-order valence-corrected chi connectivity index (χ4v) is 7.71. The van der Waals surface area contributed by atoms with Gasteiger partial charge in [-0.3, -0.25) is 4.98 Å². The molecule has 0 saturated carbocycles. The SMILES string of the molecule is c1ccc(-c2nc(-c3ccc(-c4ccc(-c5ccc6c(c5)oc5ccccc56)c5oc6ccccc6c45)cc3)nc(-c3cccc(-c4cccnc4)c3)n2)cc1. The van der Waals surface area contributed by atoms with Gasteiger partial charge in [-0.05, 0) is 64.7 Å². The number of hydrogen-bond acceptors (Lipinski definition) is 6. The van der Waals surface area contributed by atoms with E-state index in [4.69, 9.17) is 23.8 Å². The van der Waals surface area contributed by atoms with E-state index in [2.05, 4.69) is 96.0 Å². The van der Waals surface area contributed by atoms with Gasteiger partial charge in [0.25, 0.3) is 0 Å². The van der Waals surface area contributed by atoms with E-state index in [0.717, 1.165) is 93.9 Å². The quantitative estimate of drug-likeness (QED) is 0.170. The summed E-state index contributed by atoms with van der Waals surface area (Å²) in [6, 6.07) is 57.9. The third kappa shape index (κ3) is 5.43. The summed E-state index contributed by atoms with van der Waals surface area (Å²) in [5.41, 5.74) is 12.4. The van der Waals surface area contributed by atoms with Crippen LogP contribution in [0.5, 0.6) is 0 Å². The van der Waals surface area contributed by atoms with Gasteiger partial charge in [-0.2, -0.15) is 0 Å². The van der Waals surface area contributed by atoms with Crippen molar-refractivity contribution in [1.82, 2.24) is 19.9 Å². The first kappa shape index (κ1) is 31.8. The predicted octanol–water partition coefficient (Wildman–Crippen LogP) is 13.1. The van der Waals surface area contributed by atoms with Gasteiger partial charge < -0.3 is 8.83 Å². The van der Waals surface area contributed by atoms with E-state index >= 15 is 0 Å². The molecule has 0 atom stereocenters. The number of para-hydroxylation sites is 2. The smallest absolute Gasteiger partial charge is 0.164 e. The van der Waals surface area contributed by atoms with Crippen LogP contribution in [-0.4, -0.2) is 19.9 Å². The van der Waals surface area contributed by atoms with Crippen molar-refractivity contribution < 1.29 is 8.83 Å². The summed E-state index contributed by atoms with van der Waals surface area (Å²) >= 11 is 0. The Labute approximate surface area is 321 Å². The van der Waals surface area contributed by atoms with Crippen LogP contribution in [0.3, 0.4) is 0 Å². The van der Waals surface area contributed by atoms with Crippen LogP contribution in [-0.2, 0) is 0 Å². The zero-order chi connectivity index (χ0) is 37.0. The van der Waals surface area contributed by atoms with Gasteiger partial charge in [0, 0.05) is 61.8 Å². The number of aromatic nitrogens is 4. The van der Waals surface area contributed by atoms with Gasteiger partial charge in [0.15, 0.2) is 17.5 Å². The van der Waals surface area contributed by atoms with Crippen molar-refractivity contribution in [1.29, 1.82) is 0 Å². The highest BCUT2D eigenvalue weighted by atomic mass is 16.3. The number of hydrogen-bond donors (Lipinski definition) is 0. The molecule has 6 heteroatoms. The van der Waals surface area contributed by atoms with E-state index in [0.29, 0.717) is 17.5 Å². The molecule has 0 radical (unpaired) electrons. The molecule has 0 saturated heterocycles. The van der Waals surface area contributed by atoms with Crippen molar-refractivity contribution in [2.45, 2.75) is 0 Å². The van der Waals surface area contributed by atoms with Crippen LogP contribution in [0.2, 0.25) is 0 Å². The van der Waals surface area contributed by atoms with E-state index < -0.39 is 0 Å². The highest BCUT2D eigenvalue weighted by Gasteiger charge is 2.19. The normalized spacial score (nSPS) is 11.6. The lowest BCUT2D eigenvalue weighted by Crippen LogP contribution is -2.00. The third-order valence-electron chi connectivity index (χ3n) is 10.5. The van der Waals surface area contributed by atoms with Gasteiger partial charge in [0.05, 0.1) is 0 Å². The fraction of sp³-hybridized carbons (Fsp3) is 0. The molecule has 0 amide bonds. The van der Waals surface area contributed by atoms with Crippen LogP contribution < -0.4 is 0 Å². The number of nitrogens with zero attached hydrogens (tertiary/aromatic N) is 4. The predicted molar refractivity (Wildman–Crippen MR) is 225 cm³/mol. The second-order valence-corrected chi connectivity index (χ2v) is 13.8.